The molecule has 0 fully saturated rings. The molecule has 2 N–H and O–H groups in total. The van der Waals surface area contributed by atoms with E-state index in [-0.39, 0.29) is 0 Å². The van der Waals surface area contributed by atoms with E-state index in [0.29, 0.717) is 12.1 Å². The van der Waals surface area contributed by atoms with Crippen molar-refractivity contribution in [1.29, 1.82) is 5.26 Å². The van der Waals surface area contributed by atoms with Gasteiger partial charge in [0, 0.05) is 62.7 Å². The highest BCUT2D eigenvalue weighted by Gasteiger charge is 2.15. The first-order valence-corrected chi connectivity index (χ1v) is 18.1. The average Bonchev–Trinajstić information content (AvgIpc) is 3.80. The Hall–Kier alpha value is -3.58. The number of rotatable bonds is 9. The third-order valence-corrected chi connectivity index (χ3v) is 10.8. The molecule has 7 rings (SSSR count). The topological polar surface area (TPSA) is 117 Å². The number of nitrogens with zero attached hydrogens (tertiary/aromatic N) is 8. The Kier molecular flexibility index (Phi) is 10.4. The fourth-order valence-corrected chi connectivity index (χ4v) is 8.42. The van der Waals surface area contributed by atoms with Gasteiger partial charge in [0.25, 0.3) is 0 Å². The number of nitriles is 1. The summed E-state index contributed by atoms with van der Waals surface area (Å²) in [5.41, 5.74) is 4.36. The Labute approximate surface area is 297 Å². The number of thiophene rings is 2. The van der Waals surface area contributed by atoms with Crippen LogP contribution in [0.5, 0.6) is 0 Å². The fraction of sp³-hybridized carbons (Fsp3) is 0.273. The van der Waals surface area contributed by atoms with E-state index in [1.165, 1.54) is 9.40 Å². The molecule has 0 saturated carbocycles. The van der Waals surface area contributed by atoms with Crippen molar-refractivity contribution in [3.05, 3.63) is 67.2 Å². The number of hydrogen-bond donors (Lipinski definition) is 2. The summed E-state index contributed by atoms with van der Waals surface area (Å²) in [5, 5.41) is 32.2. The average molecular weight is 793 g/mol. The van der Waals surface area contributed by atoms with Crippen LogP contribution in [0.25, 0.3) is 42.0 Å². The Morgan fingerprint density at radius 1 is 0.766 bits per heavy atom. The van der Waals surface area contributed by atoms with Crippen LogP contribution in [0.1, 0.15) is 11.1 Å². The van der Waals surface area contributed by atoms with Crippen molar-refractivity contribution < 1.29 is 0 Å². The lowest BCUT2D eigenvalue weighted by Gasteiger charge is -2.13. The summed E-state index contributed by atoms with van der Waals surface area (Å²) in [5.74, 6) is 1.80. The maximum absolute atomic E-state index is 9.08. The first kappa shape index (κ1) is 33.3. The van der Waals surface area contributed by atoms with E-state index in [1.54, 1.807) is 22.7 Å². The number of pyridine rings is 2. The summed E-state index contributed by atoms with van der Waals surface area (Å²) in [4.78, 5) is 13.9. The Balaban J connectivity index is 0.000000166. The number of nitrogens with one attached hydrogen (secondary N) is 2. The van der Waals surface area contributed by atoms with E-state index in [2.05, 4.69) is 118 Å². The minimum Gasteiger partial charge on any atom is -0.368 e. The monoisotopic (exact) mass is 790 g/mol. The summed E-state index contributed by atoms with van der Waals surface area (Å²) in [7, 11) is 8.23. The smallest absolute Gasteiger partial charge is 0.135 e. The van der Waals surface area contributed by atoms with Gasteiger partial charge in [-0.15, -0.1) is 27.8 Å². The van der Waals surface area contributed by atoms with Crippen LogP contribution in [0.15, 0.2) is 71.5 Å². The quantitative estimate of drug-likeness (QED) is 0.151. The standard InChI is InChI=1S/C17H17BrN6S.C16H15BrN4S/c1-24(2)6-5-19-17-12-8-15(18)25-16(12)11-4-3-10(7-13(11)21-17)14-9-20-23-22-14;1-21(2)6-5-19-16-12-8-14(17)22-15(12)11-4-3-10(9-18)7-13(11)20-16/h3-4,7-8H,5-6,9H2,1-2H3,(H,19,21);3-4,7-8H,5-6H2,1-2H3,(H,19,20). The lowest BCUT2D eigenvalue weighted by atomic mass is 10.1. The van der Waals surface area contributed by atoms with Crippen LogP contribution in [0.4, 0.5) is 11.6 Å². The van der Waals surface area contributed by atoms with Gasteiger partial charge in [0.1, 0.15) is 18.2 Å². The maximum atomic E-state index is 9.08. The number of fused-ring (bicyclic) bond motifs is 6. The Morgan fingerprint density at radius 3 is 1.83 bits per heavy atom. The molecule has 0 spiro atoms. The van der Waals surface area contributed by atoms with Gasteiger partial charge in [-0.25, -0.2) is 9.97 Å². The first-order valence-electron chi connectivity index (χ1n) is 14.9. The van der Waals surface area contributed by atoms with Crippen LogP contribution in [-0.4, -0.2) is 86.4 Å². The van der Waals surface area contributed by atoms with Gasteiger partial charge in [-0.05, 0) is 95.6 Å². The molecule has 0 saturated heterocycles. The van der Waals surface area contributed by atoms with Crippen molar-refractivity contribution >= 4 is 114 Å². The second-order valence-electron chi connectivity index (χ2n) is 11.5. The van der Waals surface area contributed by atoms with Crippen molar-refractivity contribution in [2.75, 3.05) is 71.5 Å². The Morgan fingerprint density at radius 2 is 1.32 bits per heavy atom. The number of likely N-dealkylation sites (N-methyl/N-ethyl adjacent to an activating group) is 2. The zero-order valence-electron chi connectivity index (χ0n) is 26.3. The van der Waals surface area contributed by atoms with Gasteiger partial charge in [0.2, 0.25) is 0 Å². The molecule has 10 nitrogen and oxygen atoms in total. The van der Waals surface area contributed by atoms with E-state index >= 15 is 0 Å². The molecule has 4 aromatic heterocycles. The number of anilines is 2. The van der Waals surface area contributed by atoms with Gasteiger partial charge < -0.3 is 20.4 Å². The second kappa shape index (κ2) is 14.7. The highest BCUT2D eigenvalue weighted by Crippen LogP contribution is 2.39. The normalized spacial score (nSPS) is 12.7. The van der Waals surface area contributed by atoms with Gasteiger partial charge in [0.05, 0.1) is 36.0 Å². The molecular weight excluding hydrogens is 760 g/mol. The van der Waals surface area contributed by atoms with Crippen LogP contribution in [0, 0.1) is 11.3 Å². The van der Waals surface area contributed by atoms with Gasteiger partial charge in [-0.1, -0.05) is 18.2 Å². The number of hydrogen-bond acceptors (Lipinski definition) is 12. The van der Waals surface area contributed by atoms with Crippen LogP contribution in [0.3, 0.4) is 0 Å². The number of benzene rings is 2. The molecule has 47 heavy (non-hydrogen) atoms. The molecule has 14 heteroatoms. The van der Waals surface area contributed by atoms with Gasteiger partial charge in [-0.2, -0.15) is 10.4 Å². The highest BCUT2D eigenvalue weighted by atomic mass is 79.9. The molecule has 1 aliphatic heterocycles. The molecule has 0 radical (unpaired) electrons. The van der Waals surface area contributed by atoms with Crippen molar-refractivity contribution in [3.63, 3.8) is 0 Å². The largest absolute Gasteiger partial charge is 0.368 e. The molecule has 2 aromatic carbocycles. The Bertz CT molecular complexity index is 2200. The molecule has 0 amide bonds. The first-order chi connectivity index (χ1) is 22.7. The fourth-order valence-electron chi connectivity index (χ4n) is 5.15. The summed E-state index contributed by atoms with van der Waals surface area (Å²) in [6.45, 7) is 4.09. The molecule has 240 valence electrons. The second-order valence-corrected chi connectivity index (χ2v) is 16.3. The van der Waals surface area contributed by atoms with E-state index in [1.807, 2.05) is 32.3 Å². The summed E-state index contributed by atoms with van der Waals surface area (Å²) in [6, 6.07) is 18.4. The molecule has 6 aromatic rings. The maximum Gasteiger partial charge on any atom is 0.135 e. The lowest BCUT2D eigenvalue weighted by Crippen LogP contribution is -2.21. The molecular formula is C33H32Br2N10S2. The zero-order chi connectivity index (χ0) is 33.1. The third-order valence-electron chi connectivity index (χ3n) is 7.48. The summed E-state index contributed by atoms with van der Waals surface area (Å²) < 4.78 is 4.61. The molecule has 0 aliphatic carbocycles. The molecule has 0 unspecified atom stereocenters. The summed E-state index contributed by atoms with van der Waals surface area (Å²) in [6.07, 6.45) is 0. The minimum absolute atomic E-state index is 0.534. The van der Waals surface area contributed by atoms with Crippen LogP contribution >= 0.6 is 54.5 Å². The molecule has 5 heterocycles. The SMILES string of the molecule is CN(C)CCNc1nc2cc(C#N)ccc2c2sc(Br)cc12.CN(C)CCNc1nc2cc(C3=NN=NC3)ccc2c2sc(Br)cc12. The predicted octanol–water partition coefficient (Wildman–Crippen LogP) is 8.41. The highest BCUT2D eigenvalue weighted by molar-refractivity contribution is 9.11. The van der Waals surface area contributed by atoms with Crippen molar-refractivity contribution in [1.82, 2.24) is 19.8 Å². The van der Waals surface area contributed by atoms with Crippen LogP contribution in [-0.2, 0) is 0 Å². The van der Waals surface area contributed by atoms with Gasteiger partial charge in [0.15, 0.2) is 0 Å². The van der Waals surface area contributed by atoms with Crippen molar-refractivity contribution in [2.45, 2.75) is 0 Å². The zero-order valence-corrected chi connectivity index (χ0v) is 31.1. The lowest BCUT2D eigenvalue weighted by molar-refractivity contribution is 0.425. The van der Waals surface area contributed by atoms with Gasteiger partial charge in [-0.3, -0.25) is 0 Å². The predicted molar refractivity (Wildman–Crippen MR) is 205 cm³/mol. The van der Waals surface area contributed by atoms with Crippen molar-refractivity contribution in [3.8, 4) is 6.07 Å². The van der Waals surface area contributed by atoms with E-state index < -0.39 is 0 Å². The van der Waals surface area contributed by atoms with Gasteiger partial charge >= 0.3 is 0 Å². The summed E-state index contributed by atoms with van der Waals surface area (Å²) >= 11 is 10.6. The molecule has 1 aliphatic rings. The molecule has 0 bridgehead atoms. The van der Waals surface area contributed by atoms with Crippen LogP contribution < -0.4 is 10.6 Å². The third kappa shape index (κ3) is 7.61. The minimum atomic E-state index is 0.534. The van der Waals surface area contributed by atoms with E-state index in [0.717, 1.165) is 89.2 Å². The van der Waals surface area contributed by atoms with Crippen molar-refractivity contribution in [2.24, 2.45) is 15.4 Å². The molecule has 0 atom stereocenters. The number of aromatic nitrogens is 2. The van der Waals surface area contributed by atoms with E-state index in [4.69, 9.17) is 15.2 Å². The number of halogens is 2. The van der Waals surface area contributed by atoms with E-state index in [9.17, 15) is 0 Å². The van der Waals surface area contributed by atoms with Crippen LogP contribution in [0.2, 0.25) is 0 Å².